The number of carboxylic acid groups (broad SMARTS) is 1. The summed E-state index contributed by atoms with van der Waals surface area (Å²) in [6.45, 7) is 3.39. The van der Waals surface area contributed by atoms with Crippen LogP contribution in [0.4, 0.5) is 0 Å². The van der Waals surface area contributed by atoms with E-state index in [1.54, 1.807) is 6.07 Å². The minimum Gasteiger partial charge on any atom is -0.475 e. The molecule has 2 fully saturated rings. The van der Waals surface area contributed by atoms with E-state index in [4.69, 9.17) is 9.52 Å². The van der Waals surface area contributed by atoms with Gasteiger partial charge in [0.05, 0.1) is 0 Å². The maximum absolute atomic E-state index is 10.9. The summed E-state index contributed by atoms with van der Waals surface area (Å²) < 4.78 is 5.30. The zero-order valence-corrected chi connectivity index (χ0v) is 11.9. The fraction of sp³-hybridized carbons (Fsp3) is 0.471. The third-order valence-corrected chi connectivity index (χ3v) is 5.00. The first-order valence-corrected chi connectivity index (χ1v) is 7.67. The van der Waals surface area contributed by atoms with E-state index in [-0.39, 0.29) is 5.76 Å². The molecule has 1 aliphatic carbocycles. The van der Waals surface area contributed by atoms with Gasteiger partial charge in [-0.25, -0.2) is 4.79 Å². The number of furan rings is 1. The number of nitrogens with zero attached hydrogens (tertiary/aromatic N) is 1. The van der Waals surface area contributed by atoms with Crippen molar-refractivity contribution in [3.05, 3.63) is 35.6 Å². The van der Waals surface area contributed by atoms with Gasteiger partial charge in [0.1, 0.15) is 5.58 Å². The van der Waals surface area contributed by atoms with Crippen LogP contribution >= 0.6 is 0 Å². The van der Waals surface area contributed by atoms with Gasteiger partial charge in [-0.1, -0.05) is 12.5 Å². The number of rotatable bonds is 3. The number of aromatic carboxylic acids is 1. The van der Waals surface area contributed by atoms with Gasteiger partial charge in [-0.2, -0.15) is 0 Å². The molecule has 4 nitrogen and oxygen atoms in total. The molecule has 1 N–H and O–H groups in total. The summed E-state index contributed by atoms with van der Waals surface area (Å²) in [4.78, 5) is 13.5. The third kappa shape index (κ3) is 2.33. The Morgan fingerprint density at radius 3 is 2.71 bits per heavy atom. The lowest BCUT2D eigenvalue weighted by atomic mass is 10.0. The number of carboxylic acids is 1. The third-order valence-electron chi connectivity index (χ3n) is 5.00. The Balaban J connectivity index is 1.52. The van der Waals surface area contributed by atoms with Crippen LogP contribution < -0.4 is 0 Å². The van der Waals surface area contributed by atoms with Gasteiger partial charge in [-0.3, -0.25) is 4.90 Å². The summed E-state index contributed by atoms with van der Waals surface area (Å²) in [6.07, 6.45) is 4.19. The molecule has 4 rings (SSSR count). The Bertz CT molecular complexity index is 678. The minimum atomic E-state index is -1.01. The molecule has 1 saturated heterocycles. The normalized spacial score (nSPS) is 25.5. The first-order valence-electron chi connectivity index (χ1n) is 7.67. The van der Waals surface area contributed by atoms with Crippen LogP contribution in [-0.2, 0) is 6.54 Å². The Hall–Kier alpha value is -1.81. The second-order valence-electron chi connectivity index (χ2n) is 6.43. The van der Waals surface area contributed by atoms with Gasteiger partial charge >= 0.3 is 5.97 Å². The van der Waals surface area contributed by atoms with Gasteiger partial charge in [0, 0.05) is 25.0 Å². The SMILES string of the molecule is O=C(O)c1cc2cc(CN3CC4CCCC4C3)ccc2o1. The molecule has 21 heavy (non-hydrogen) atoms. The van der Waals surface area contributed by atoms with Crippen molar-refractivity contribution in [2.24, 2.45) is 11.8 Å². The number of hydrogen-bond acceptors (Lipinski definition) is 3. The molecule has 0 spiro atoms. The molecule has 0 bridgehead atoms. The lowest BCUT2D eigenvalue weighted by molar-refractivity contribution is 0.0665. The topological polar surface area (TPSA) is 53.7 Å². The fourth-order valence-corrected chi connectivity index (χ4v) is 4.02. The van der Waals surface area contributed by atoms with E-state index in [1.165, 1.54) is 37.9 Å². The van der Waals surface area contributed by atoms with Crippen LogP contribution in [0.5, 0.6) is 0 Å². The predicted octanol–water partition coefficient (Wildman–Crippen LogP) is 3.36. The molecule has 0 radical (unpaired) electrons. The van der Waals surface area contributed by atoms with Gasteiger partial charge in [0.15, 0.2) is 0 Å². The Morgan fingerprint density at radius 1 is 1.24 bits per heavy atom. The molecule has 2 heterocycles. The van der Waals surface area contributed by atoms with Crippen molar-refractivity contribution in [3.8, 4) is 0 Å². The predicted molar refractivity (Wildman–Crippen MR) is 79.3 cm³/mol. The first kappa shape index (κ1) is 12.9. The van der Waals surface area contributed by atoms with Gasteiger partial charge < -0.3 is 9.52 Å². The second kappa shape index (κ2) is 4.88. The highest BCUT2D eigenvalue weighted by molar-refractivity contribution is 5.91. The highest BCUT2D eigenvalue weighted by Gasteiger charge is 2.35. The summed E-state index contributed by atoms with van der Waals surface area (Å²) >= 11 is 0. The van der Waals surface area contributed by atoms with E-state index in [0.717, 1.165) is 23.8 Å². The lowest BCUT2D eigenvalue weighted by Crippen LogP contribution is -2.20. The summed E-state index contributed by atoms with van der Waals surface area (Å²) in [5, 5.41) is 9.85. The zero-order chi connectivity index (χ0) is 14.4. The lowest BCUT2D eigenvalue weighted by Gasteiger charge is -2.16. The van der Waals surface area contributed by atoms with E-state index >= 15 is 0 Å². The van der Waals surface area contributed by atoms with Crippen molar-refractivity contribution < 1.29 is 14.3 Å². The highest BCUT2D eigenvalue weighted by Crippen LogP contribution is 2.38. The summed E-state index contributed by atoms with van der Waals surface area (Å²) in [5.41, 5.74) is 1.88. The number of carbonyl (C=O) groups is 1. The number of fused-ring (bicyclic) bond motifs is 2. The fourth-order valence-electron chi connectivity index (χ4n) is 4.02. The average Bonchev–Trinajstić information content (AvgIpc) is 3.10. The summed E-state index contributed by atoms with van der Waals surface area (Å²) in [7, 11) is 0. The van der Waals surface area contributed by atoms with Crippen LogP contribution in [0.15, 0.2) is 28.7 Å². The molecule has 4 heteroatoms. The molecular formula is C17H19NO3. The van der Waals surface area contributed by atoms with Crippen molar-refractivity contribution in [1.82, 2.24) is 4.90 Å². The van der Waals surface area contributed by atoms with E-state index in [2.05, 4.69) is 11.0 Å². The minimum absolute atomic E-state index is 0.0119. The van der Waals surface area contributed by atoms with Crippen LogP contribution in [0.1, 0.15) is 35.4 Å². The van der Waals surface area contributed by atoms with E-state index in [0.29, 0.717) is 5.58 Å². The van der Waals surface area contributed by atoms with Crippen molar-refractivity contribution in [3.63, 3.8) is 0 Å². The number of likely N-dealkylation sites (tertiary alicyclic amines) is 1. The summed E-state index contributed by atoms with van der Waals surface area (Å²) in [6, 6.07) is 7.60. The maximum atomic E-state index is 10.9. The molecule has 2 aliphatic rings. The number of benzene rings is 1. The molecular weight excluding hydrogens is 266 g/mol. The molecule has 2 unspecified atom stereocenters. The molecule has 1 aromatic heterocycles. The van der Waals surface area contributed by atoms with Gasteiger partial charge in [-0.05, 0) is 48.4 Å². The van der Waals surface area contributed by atoms with Crippen molar-refractivity contribution in [2.75, 3.05) is 13.1 Å². The Labute approximate surface area is 123 Å². The Morgan fingerprint density at radius 2 is 2.00 bits per heavy atom. The average molecular weight is 285 g/mol. The molecule has 2 atom stereocenters. The van der Waals surface area contributed by atoms with E-state index < -0.39 is 5.97 Å². The maximum Gasteiger partial charge on any atom is 0.371 e. The largest absolute Gasteiger partial charge is 0.475 e. The molecule has 2 aromatic rings. The van der Waals surface area contributed by atoms with Crippen LogP contribution in [0.3, 0.4) is 0 Å². The van der Waals surface area contributed by atoms with Crippen LogP contribution in [0, 0.1) is 11.8 Å². The zero-order valence-electron chi connectivity index (χ0n) is 11.9. The molecule has 110 valence electrons. The van der Waals surface area contributed by atoms with E-state index in [1.807, 2.05) is 12.1 Å². The van der Waals surface area contributed by atoms with E-state index in [9.17, 15) is 4.79 Å². The smallest absolute Gasteiger partial charge is 0.371 e. The van der Waals surface area contributed by atoms with Crippen molar-refractivity contribution >= 4 is 16.9 Å². The summed E-state index contributed by atoms with van der Waals surface area (Å²) in [5.74, 6) is 0.806. The molecule has 1 saturated carbocycles. The van der Waals surface area contributed by atoms with Crippen LogP contribution in [-0.4, -0.2) is 29.1 Å². The van der Waals surface area contributed by atoms with Crippen molar-refractivity contribution in [1.29, 1.82) is 0 Å². The van der Waals surface area contributed by atoms with Crippen LogP contribution in [0.25, 0.3) is 11.0 Å². The first-order chi connectivity index (χ1) is 10.2. The Kier molecular flexibility index (Phi) is 3.00. The highest BCUT2D eigenvalue weighted by atomic mass is 16.4. The van der Waals surface area contributed by atoms with Crippen LogP contribution in [0.2, 0.25) is 0 Å². The van der Waals surface area contributed by atoms with Crippen molar-refractivity contribution in [2.45, 2.75) is 25.8 Å². The van der Waals surface area contributed by atoms with Gasteiger partial charge in [0.25, 0.3) is 0 Å². The number of hydrogen-bond donors (Lipinski definition) is 1. The second-order valence-corrected chi connectivity index (χ2v) is 6.43. The van der Waals surface area contributed by atoms with Gasteiger partial charge in [-0.15, -0.1) is 0 Å². The molecule has 0 amide bonds. The quantitative estimate of drug-likeness (QED) is 0.939. The standard InChI is InChI=1S/C17H19NO3/c19-17(20)16-7-14-6-11(4-5-15(14)21-16)8-18-9-12-2-1-3-13(12)10-18/h4-7,12-13H,1-3,8-10H2,(H,19,20). The molecule has 1 aromatic carbocycles. The molecule has 1 aliphatic heterocycles. The monoisotopic (exact) mass is 285 g/mol. The van der Waals surface area contributed by atoms with Gasteiger partial charge in [0.2, 0.25) is 5.76 Å².